The molecule has 0 aliphatic carbocycles. The van der Waals surface area contributed by atoms with Gasteiger partial charge in [-0.2, -0.15) is 0 Å². The van der Waals surface area contributed by atoms with E-state index in [9.17, 15) is 4.79 Å². The second-order valence-electron chi connectivity index (χ2n) is 9.28. The third-order valence-corrected chi connectivity index (χ3v) is 8.50. The molecule has 2 fully saturated rings. The number of amides is 1. The van der Waals surface area contributed by atoms with Gasteiger partial charge in [-0.3, -0.25) is 4.79 Å². The monoisotopic (exact) mass is 433 g/mol. The first kappa shape index (κ1) is 19.1. The summed E-state index contributed by atoms with van der Waals surface area (Å²) >= 11 is 1.61. The van der Waals surface area contributed by atoms with Crippen LogP contribution in [0.3, 0.4) is 0 Å². The summed E-state index contributed by atoms with van der Waals surface area (Å²) in [5.41, 5.74) is 4.43. The average Bonchev–Trinajstić information content (AvgIpc) is 3.48. The van der Waals surface area contributed by atoms with Gasteiger partial charge in [0.1, 0.15) is 5.54 Å². The Kier molecular flexibility index (Phi) is 4.14. The van der Waals surface area contributed by atoms with Crippen LogP contribution in [0.1, 0.15) is 45.1 Å². The number of nitrogens with one attached hydrogen (secondary N) is 1. The molecule has 31 heavy (non-hydrogen) atoms. The number of carbonyl (C=O) groups excluding carboxylic acids is 1. The van der Waals surface area contributed by atoms with E-state index in [1.165, 1.54) is 21.8 Å². The van der Waals surface area contributed by atoms with E-state index in [0.717, 1.165) is 42.9 Å². The van der Waals surface area contributed by atoms with Gasteiger partial charge in [0.25, 0.3) is 5.91 Å². The number of benzene rings is 1. The van der Waals surface area contributed by atoms with Crippen LogP contribution in [0.4, 0.5) is 5.69 Å². The number of hydrogen-bond acceptors (Lipinski definition) is 4. The third-order valence-electron chi connectivity index (χ3n) is 7.36. The van der Waals surface area contributed by atoms with Gasteiger partial charge in [-0.1, -0.05) is 12.1 Å². The number of hydrogen-bond donors (Lipinski definition) is 1. The number of piperidine rings is 1. The van der Waals surface area contributed by atoms with E-state index < -0.39 is 0 Å². The summed E-state index contributed by atoms with van der Waals surface area (Å²) in [5, 5.41) is 3.83. The molecule has 5 heterocycles. The Bertz CT molecular complexity index is 1150. The molecule has 3 aliphatic heterocycles. The van der Waals surface area contributed by atoms with Gasteiger partial charge in [0.2, 0.25) is 0 Å². The Labute approximate surface area is 186 Å². The highest BCUT2D eigenvalue weighted by molar-refractivity contribution is 7.14. The summed E-state index contributed by atoms with van der Waals surface area (Å²) in [4.78, 5) is 17.1. The second-order valence-corrected chi connectivity index (χ2v) is 10.5. The highest BCUT2D eigenvalue weighted by atomic mass is 32.1. The molecular weight excluding hydrogens is 406 g/mol. The van der Waals surface area contributed by atoms with Crippen LogP contribution in [0.15, 0.2) is 48.7 Å². The van der Waals surface area contributed by atoms with Crippen LogP contribution in [-0.4, -0.2) is 40.7 Å². The number of likely N-dealkylation sites (tertiary alicyclic amines) is 1. The number of thiophene rings is 1. The molecule has 5 nitrogen and oxygen atoms in total. The maximum absolute atomic E-state index is 13.0. The van der Waals surface area contributed by atoms with Gasteiger partial charge in [-0.05, 0) is 62.6 Å². The van der Waals surface area contributed by atoms with Crippen molar-refractivity contribution in [3.63, 3.8) is 0 Å². The van der Waals surface area contributed by atoms with Crippen LogP contribution >= 0.6 is 11.3 Å². The molecule has 1 unspecified atom stereocenters. The van der Waals surface area contributed by atoms with Crippen molar-refractivity contribution >= 4 is 22.9 Å². The largest absolute Gasteiger partial charge is 0.372 e. The van der Waals surface area contributed by atoms with Crippen molar-refractivity contribution in [3.05, 3.63) is 69.7 Å². The summed E-state index contributed by atoms with van der Waals surface area (Å²) in [6, 6.07) is 14.8. The van der Waals surface area contributed by atoms with Gasteiger partial charge in [0.15, 0.2) is 0 Å². The lowest BCUT2D eigenvalue weighted by molar-refractivity contribution is -0.0391. The number of para-hydroxylation sites is 2. The fourth-order valence-electron chi connectivity index (χ4n) is 5.54. The molecule has 2 aromatic heterocycles. The molecule has 1 aromatic carbocycles. The minimum Gasteiger partial charge on any atom is -0.372 e. The molecule has 3 aliphatic rings. The van der Waals surface area contributed by atoms with Crippen molar-refractivity contribution in [1.29, 1.82) is 0 Å². The molecule has 6 heteroatoms. The summed E-state index contributed by atoms with van der Waals surface area (Å²) in [6.45, 7) is 6.32. The molecule has 1 amide bonds. The van der Waals surface area contributed by atoms with Gasteiger partial charge in [-0.25, -0.2) is 0 Å². The van der Waals surface area contributed by atoms with Crippen LogP contribution in [0, 0.1) is 13.8 Å². The van der Waals surface area contributed by atoms with E-state index >= 15 is 0 Å². The number of anilines is 1. The van der Waals surface area contributed by atoms with E-state index in [0.29, 0.717) is 6.61 Å². The van der Waals surface area contributed by atoms with E-state index in [-0.39, 0.29) is 17.0 Å². The average molecular weight is 434 g/mol. The highest BCUT2D eigenvalue weighted by Crippen LogP contribution is 2.50. The van der Waals surface area contributed by atoms with Gasteiger partial charge in [0.05, 0.1) is 34.2 Å². The van der Waals surface area contributed by atoms with Crippen molar-refractivity contribution < 1.29 is 9.53 Å². The van der Waals surface area contributed by atoms with Crippen molar-refractivity contribution in [2.45, 2.75) is 44.2 Å². The van der Waals surface area contributed by atoms with E-state index in [4.69, 9.17) is 4.74 Å². The van der Waals surface area contributed by atoms with Gasteiger partial charge in [0, 0.05) is 30.6 Å². The minimum atomic E-state index is -0.216. The fraction of sp³-hybridized carbons (Fsp3) is 0.400. The summed E-state index contributed by atoms with van der Waals surface area (Å²) in [5.74, 6) is 0.169. The number of aromatic nitrogens is 1. The summed E-state index contributed by atoms with van der Waals surface area (Å²) < 4.78 is 8.86. The Morgan fingerprint density at radius 3 is 2.71 bits per heavy atom. The predicted molar refractivity (Wildman–Crippen MR) is 123 cm³/mol. The molecule has 2 spiro atoms. The molecule has 6 rings (SSSR count). The molecule has 0 radical (unpaired) electrons. The smallest absolute Gasteiger partial charge is 0.263 e. The Morgan fingerprint density at radius 2 is 1.94 bits per heavy atom. The van der Waals surface area contributed by atoms with Crippen molar-refractivity contribution in [2.24, 2.45) is 0 Å². The zero-order valence-electron chi connectivity index (χ0n) is 18.0. The van der Waals surface area contributed by atoms with E-state index in [2.05, 4.69) is 66.3 Å². The number of fused-ring (bicyclic) bond motifs is 4. The number of carbonyl (C=O) groups is 1. The minimum absolute atomic E-state index is 0.169. The maximum Gasteiger partial charge on any atom is 0.263 e. The molecule has 1 N–H and O–H groups in total. The first-order valence-electron chi connectivity index (χ1n) is 11.0. The molecule has 0 bridgehead atoms. The van der Waals surface area contributed by atoms with E-state index in [1.54, 1.807) is 11.3 Å². The first-order chi connectivity index (χ1) is 15.0. The predicted octanol–water partition coefficient (Wildman–Crippen LogP) is 4.87. The molecule has 3 aromatic rings. The quantitative estimate of drug-likeness (QED) is 0.595. The highest BCUT2D eigenvalue weighted by Gasteiger charge is 2.54. The second kappa shape index (κ2) is 6.71. The van der Waals surface area contributed by atoms with Crippen molar-refractivity contribution in [1.82, 2.24) is 9.47 Å². The maximum atomic E-state index is 13.0. The topological polar surface area (TPSA) is 46.5 Å². The lowest BCUT2D eigenvalue weighted by Gasteiger charge is -2.41. The van der Waals surface area contributed by atoms with Gasteiger partial charge < -0.3 is 19.5 Å². The Morgan fingerprint density at radius 1 is 1.13 bits per heavy atom. The lowest BCUT2D eigenvalue weighted by atomic mass is 9.79. The first-order valence-corrected chi connectivity index (χ1v) is 11.9. The molecule has 2 saturated heterocycles. The van der Waals surface area contributed by atoms with Gasteiger partial charge in [-0.15, -0.1) is 11.3 Å². The van der Waals surface area contributed by atoms with Crippen LogP contribution in [0.5, 0.6) is 0 Å². The number of rotatable bonds is 1. The lowest BCUT2D eigenvalue weighted by Crippen LogP contribution is -2.48. The van der Waals surface area contributed by atoms with Crippen LogP contribution in [0.25, 0.3) is 5.69 Å². The molecule has 0 saturated carbocycles. The fourth-order valence-corrected chi connectivity index (χ4v) is 6.54. The van der Waals surface area contributed by atoms with Crippen molar-refractivity contribution in [3.8, 4) is 5.69 Å². The standard InChI is InChI=1S/C25H27N3O2S/c1-17-14-21(31-18(17)2)23(29)27-12-9-24(10-13-27)15-25(16-30-24)22-8-5-11-28(22)20-7-4-3-6-19(20)26-25/h3-8,11,14,26H,9-10,12-13,15-16H2,1-2H3. The Balaban J connectivity index is 1.22. The third kappa shape index (κ3) is 2.88. The number of aryl methyl sites for hydroxylation is 2. The zero-order chi connectivity index (χ0) is 21.2. The van der Waals surface area contributed by atoms with Crippen LogP contribution < -0.4 is 5.32 Å². The van der Waals surface area contributed by atoms with Crippen LogP contribution in [0.2, 0.25) is 0 Å². The number of nitrogens with zero attached hydrogens (tertiary/aromatic N) is 2. The van der Waals surface area contributed by atoms with Crippen molar-refractivity contribution in [2.75, 3.05) is 25.0 Å². The summed E-state index contributed by atoms with van der Waals surface area (Å²) in [7, 11) is 0. The normalized spacial score (nSPS) is 23.6. The van der Waals surface area contributed by atoms with E-state index in [1.807, 2.05) is 11.0 Å². The molecule has 160 valence electrons. The van der Waals surface area contributed by atoms with Gasteiger partial charge >= 0.3 is 0 Å². The Hall–Kier alpha value is -2.57. The zero-order valence-corrected chi connectivity index (χ0v) is 18.8. The molecular formula is C25H27N3O2S. The SMILES string of the molecule is Cc1cc(C(=O)N2CCC3(CC2)CC2(CO3)Nc3ccccc3-n3cccc32)sc1C. The molecule has 1 atom stereocenters. The number of ether oxygens (including phenoxy) is 1. The summed E-state index contributed by atoms with van der Waals surface area (Å²) in [6.07, 6.45) is 4.84. The van der Waals surface area contributed by atoms with Crippen LogP contribution in [-0.2, 0) is 10.3 Å².